The first-order chi connectivity index (χ1) is 16.7. The predicted molar refractivity (Wildman–Crippen MR) is 137 cm³/mol. The second-order valence-electron chi connectivity index (χ2n) is 8.92. The maximum Gasteiger partial charge on any atom is 0.0980 e. The molecule has 0 spiro atoms. The highest BCUT2D eigenvalue weighted by atomic mass is 15.2. The number of nitrogens with zero attached hydrogens (tertiary/aromatic N) is 5. The Kier molecular flexibility index (Phi) is 5.19. The molecule has 6 rings (SSSR count). The lowest BCUT2D eigenvalue weighted by atomic mass is 10.0. The third kappa shape index (κ3) is 3.68. The van der Waals surface area contributed by atoms with Gasteiger partial charge in [-0.1, -0.05) is 6.07 Å². The summed E-state index contributed by atoms with van der Waals surface area (Å²) < 4.78 is 0. The number of aryl methyl sites for hydroxylation is 1. The van der Waals surface area contributed by atoms with Gasteiger partial charge in [0.25, 0.3) is 0 Å². The average Bonchev–Trinajstić information content (AvgIpc) is 3.28. The molecule has 0 unspecified atom stereocenters. The van der Waals surface area contributed by atoms with E-state index in [0.717, 1.165) is 82.0 Å². The quantitative estimate of drug-likeness (QED) is 0.413. The number of hydrogen-bond acceptors (Lipinski definition) is 6. The van der Waals surface area contributed by atoms with Gasteiger partial charge in [-0.3, -0.25) is 15.0 Å². The van der Waals surface area contributed by atoms with Crippen molar-refractivity contribution < 1.29 is 0 Å². The Labute approximate surface area is 198 Å². The minimum atomic E-state index is 0.595. The van der Waals surface area contributed by atoms with Gasteiger partial charge in [-0.05, 0) is 69.3 Å². The van der Waals surface area contributed by atoms with E-state index < -0.39 is 0 Å². The van der Waals surface area contributed by atoms with E-state index in [1.165, 1.54) is 0 Å². The first kappa shape index (κ1) is 20.7. The number of piperidine rings is 1. The zero-order valence-electron chi connectivity index (χ0n) is 19.4. The number of fused-ring (bicyclic) bond motifs is 2. The van der Waals surface area contributed by atoms with Gasteiger partial charge in [0.1, 0.15) is 0 Å². The smallest absolute Gasteiger partial charge is 0.0980 e. The van der Waals surface area contributed by atoms with E-state index in [9.17, 15) is 0 Å². The van der Waals surface area contributed by atoms with E-state index in [0.29, 0.717) is 6.04 Å². The van der Waals surface area contributed by atoms with Gasteiger partial charge >= 0.3 is 0 Å². The van der Waals surface area contributed by atoms with Crippen LogP contribution in [0.1, 0.15) is 18.5 Å². The van der Waals surface area contributed by atoms with Crippen molar-refractivity contribution in [3.63, 3.8) is 0 Å². The van der Waals surface area contributed by atoms with E-state index in [4.69, 9.17) is 15.0 Å². The Hall–Kier alpha value is -3.84. The second-order valence-corrected chi connectivity index (χ2v) is 8.92. The largest absolute Gasteiger partial charge is 0.370 e. The maximum absolute atomic E-state index is 5.07. The number of aromatic amines is 1. The molecule has 1 saturated heterocycles. The van der Waals surface area contributed by atoms with Crippen LogP contribution < -0.4 is 10.2 Å². The van der Waals surface area contributed by atoms with Crippen LogP contribution in [0.2, 0.25) is 0 Å². The molecule has 0 aromatic carbocycles. The standard InChI is InChI=1S/C27H27N7/c1-17-5-3-6-23(31-17)27-25(26-22(33-27)7-4-12-29-26)21-9-8-20-24(32-21)15-19(16-30-20)34-13-10-18(28-2)11-14-34/h3-9,12,15-16,18,28,33H,10-11,13-14H2,1-2H3. The van der Waals surface area contributed by atoms with Crippen molar-refractivity contribution in [2.45, 2.75) is 25.8 Å². The average molecular weight is 450 g/mol. The molecule has 1 aliphatic rings. The summed E-state index contributed by atoms with van der Waals surface area (Å²) in [4.78, 5) is 25.2. The highest BCUT2D eigenvalue weighted by Gasteiger charge is 2.20. The minimum absolute atomic E-state index is 0.595. The molecule has 0 aliphatic carbocycles. The topological polar surface area (TPSA) is 82.6 Å². The summed E-state index contributed by atoms with van der Waals surface area (Å²) in [6.45, 7) is 4.05. The molecular weight excluding hydrogens is 422 g/mol. The van der Waals surface area contributed by atoms with Crippen LogP contribution in [0.25, 0.3) is 44.7 Å². The van der Waals surface area contributed by atoms with Crippen LogP contribution in [0, 0.1) is 6.92 Å². The highest BCUT2D eigenvalue weighted by molar-refractivity contribution is 6.00. The van der Waals surface area contributed by atoms with Crippen molar-refractivity contribution in [3.8, 4) is 22.6 Å². The normalized spacial score (nSPS) is 14.8. The Balaban J connectivity index is 1.46. The number of H-pyrrole nitrogens is 1. The fourth-order valence-corrected chi connectivity index (χ4v) is 4.88. The van der Waals surface area contributed by atoms with Crippen LogP contribution in [0.5, 0.6) is 0 Å². The van der Waals surface area contributed by atoms with E-state index in [1.54, 1.807) is 0 Å². The Bertz CT molecular complexity index is 1480. The molecule has 0 radical (unpaired) electrons. The second kappa shape index (κ2) is 8.50. The van der Waals surface area contributed by atoms with Gasteiger partial charge in [-0.15, -0.1) is 0 Å². The monoisotopic (exact) mass is 449 g/mol. The molecule has 34 heavy (non-hydrogen) atoms. The summed E-state index contributed by atoms with van der Waals surface area (Å²) in [6.07, 6.45) is 6.06. The number of aromatic nitrogens is 5. The highest BCUT2D eigenvalue weighted by Crippen LogP contribution is 2.36. The maximum atomic E-state index is 5.07. The van der Waals surface area contributed by atoms with E-state index in [1.807, 2.05) is 68.8 Å². The summed E-state index contributed by atoms with van der Waals surface area (Å²) in [5.41, 5.74) is 9.39. The van der Waals surface area contributed by atoms with Gasteiger partial charge in [-0.25, -0.2) is 4.98 Å². The lowest BCUT2D eigenvalue weighted by Gasteiger charge is -2.33. The van der Waals surface area contributed by atoms with Crippen molar-refractivity contribution in [2.75, 3.05) is 25.0 Å². The Morgan fingerprint density at radius 1 is 0.941 bits per heavy atom. The molecule has 7 heteroatoms. The Morgan fingerprint density at radius 2 is 1.82 bits per heavy atom. The molecule has 7 nitrogen and oxygen atoms in total. The number of anilines is 1. The minimum Gasteiger partial charge on any atom is -0.370 e. The molecule has 0 saturated carbocycles. The summed E-state index contributed by atoms with van der Waals surface area (Å²) in [5.74, 6) is 0. The molecule has 0 amide bonds. The fourth-order valence-electron chi connectivity index (χ4n) is 4.88. The van der Waals surface area contributed by atoms with Crippen LogP contribution in [0.15, 0.2) is 60.9 Å². The molecule has 5 aromatic rings. The van der Waals surface area contributed by atoms with Gasteiger partial charge in [0.05, 0.1) is 56.6 Å². The molecule has 1 fully saturated rings. The van der Waals surface area contributed by atoms with Crippen LogP contribution in [0.4, 0.5) is 5.69 Å². The zero-order chi connectivity index (χ0) is 23.1. The molecule has 170 valence electrons. The molecule has 0 bridgehead atoms. The van der Waals surface area contributed by atoms with Crippen molar-refractivity contribution in [1.82, 2.24) is 30.2 Å². The molecule has 6 heterocycles. The van der Waals surface area contributed by atoms with E-state index in [-0.39, 0.29) is 0 Å². The number of rotatable bonds is 4. The molecule has 5 aromatic heterocycles. The van der Waals surface area contributed by atoms with Gasteiger partial charge in [-0.2, -0.15) is 0 Å². The fraction of sp³-hybridized carbons (Fsp3) is 0.259. The van der Waals surface area contributed by atoms with Crippen LogP contribution in [0.3, 0.4) is 0 Å². The first-order valence-electron chi connectivity index (χ1n) is 11.8. The Morgan fingerprint density at radius 3 is 2.65 bits per heavy atom. The van der Waals surface area contributed by atoms with Crippen molar-refractivity contribution in [2.24, 2.45) is 0 Å². The summed E-state index contributed by atoms with van der Waals surface area (Å²) in [6, 6.07) is 16.9. The summed E-state index contributed by atoms with van der Waals surface area (Å²) in [5, 5.41) is 3.40. The van der Waals surface area contributed by atoms with Gasteiger partial charge < -0.3 is 15.2 Å². The third-order valence-electron chi connectivity index (χ3n) is 6.75. The predicted octanol–water partition coefficient (Wildman–Crippen LogP) is 4.73. The van der Waals surface area contributed by atoms with Gasteiger partial charge in [0, 0.05) is 31.0 Å². The van der Waals surface area contributed by atoms with E-state index >= 15 is 0 Å². The van der Waals surface area contributed by atoms with Crippen molar-refractivity contribution >= 4 is 27.8 Å². The van der Waals surface area contributed by atoms with Crippen LogP contribution in [-0.4, -0.2) is 51.1 Å². The molecule has 2 N–H and O–H groups in total. The third-order valence-corrected chi connectivity index (χ3v) is 6.75. The first-order valence-corrected chi connectivity index (χ1v) is 11.8. The zero-order valence-corrected chi connectivity index (χ0v) is 19.4. The van der Waals surface area contributed by atoms with Crippen molar-refractivity contribution in [3.05, 3.63) is 66.6 Å². The number of nitrogens with one attached hydrogen (secondary N) is 2. The van der Waals surface area contributed by atoms with Crippen LogP contribution >= 0.6 is 0 Å². The lowest BCUT2D eigenvalue weighted by molar-refractivity contribution is 0.442. The summed E-state index contributed by atoms with van der Waals surface area (Å²) >= 11 is 0. The van der Waals surface area contributed by atoms with Crippen LogP contribution in [-0.2, 0) is 0 Å². The van der Waals surface area contributed by atoms with Crippen molar-refractivity contribution in [1.29, 1.82) is 0 Å². The van der Waals surface area contributed by atoms with Gasteiger partial charge in [0.15, 0.2) is 0 Å². The molecular formula is C27H27N7. The summed E-state index contributed by atoms with van der Waals surface area (Å²) in [7, 11) is 2.05. The SMILES string of the molecule is CNC1CCN(c2cnc3ccc(-c4c(-c5cccc(C)n5)[nH]c5cccnc45)nc3c2)CC1. The van der Waals surface area contributed by atoms with E-state index in [2.05, 4.69) is 26.3 Å². The number of pyridine rings is 4. The molecule has 0 atom stereocenters. The van der Waals surface area contributed by atoms with Gasteiger partial charge in [0.2, 0.25) is 0 Å². The lowest BCUT2D eigenvalue weighted by Crippen LogP contribution is -2.41. The number of hydrogen-bond donors (Lipinski definition) is 2. The molecule has 1 aliphatic heterocycles.